The van der Waals surface area contributed by atoms with Gasteiger partial charge in [0.2, 0.25) is 0 Å². The minimum atomic E-state index is -0.486. The van der Waals surface area contributed by atoms with Crippen LogP contribution in [0.3, 0.4) is 0 Å². The summed E-state index contributed by atoms with van der Waals surface area (Å²) in [4.78, 5) is 33.2. The highest BCUT2D eigenvalue weighted by Gasteiger charge is 2.15. The van der Waals surface area contributed by atoms with Crippen molar-refractivity contribution >= 4 is 18.0 Å². The van der Waals surface area contributed by atoms with Crippen molar-refractivity contribution in [1.29, 1.82) is 0 Å². The second-order valence-electron chi connectivity index (χ2n) is 4.24. The Hall–Kier alpha value is -2.41. The van der Waals surface area contributed by atoms with Crippen LogP contribution in [0.2, 0.25) is 0 Å². The van der Waals surface area contributed by atoms with E-state index in [9.17, 15) is 14.4 Å². The van der Waals surface area contributed by atoms with Crippen molar-refractivity contribution < 1.29 is 19.1 Å². The van der Waals surface area contributed by atoms with Crippen LogP contribution in [0.15, 0.2) is 24.3 Å². The number of hydrogen-bond donors (Lipinski definition) is 0. The van der Waals surface area contributed by atoms with Crippen molar-refractivity contribution in [2.75, 3.05) is 6.61 Å². The highest BCUT2D eigenvalue weighted by molar-refractivity contribution is 6.25. The van der Waals surface area contributed by atoms with E-state index in [0.29, 0.717) is 24.9 Å². The van der Waals surface area contributed by atoms with Crippen LogP contribution in [0.4, 0.5) is 0 Å². The summed E-state index contributed by atoms with van der Waals surface area (Å²) in [6.07, 6.45) is 6.02. The monoisotopic (exact) mass is 272 g/mol. The number of terminal acetylenes is 1. The average Bonchev–Trinajstić information content (AvgIpc) is 2.47. The van der Waals surface area contributed by atoms with E-state index >= 15 is 0 Å². The minimum absolute atomic E-state index is 0.0758. The number of hydrogen-bond acceptors (Lipinski definition) is 4. The number of ketones is 1. The van der Waals surface area contributed by atoms with Gasteiger partial charge in [0.1, 0.15) is 0 Å². The quantitative estimate of drug-likeness (QED) is 0.330. The van der Waals surface area contributed by atoms with Gasteiger partial charge in [0.05, 0.1) is 12.2 Å². The van der Waals surface area contributed by atoms with E-state index in [4.69, 9.17) is 11.2 Å². The largest absolute Gasteiger partial charge is 0.462 e. The highest BCUT2D eigenvalue weighted by Crippen LogP contribution is 2.23. The summed E-state index contributed by atoms with van der Waals surface area (Å²) in [5.74, 6) is 1.40. The van der Waals surface area contributed by atoms with Crippen molar-refractivity contribution in [2.24, 2.45) is 0 Å². The highest BCUT2D eigenvalue weighted by atomic mass is 16.5. The van der Waals surface area contributed by atoms with Crippen LogP contribution < -0.4 is 0 Å². The van der Waals surface area contributed by atoms with Gasteiger partial charge in [-0.1, -0.05) is 12.1 Å². The molecule has 0 aliphatic carbocycles. The Bertz CT molecular complexity index is 522. The van der Waals surface area contributed by atoms with Crippen molar-refractivity contribution in [1.82, 2.24) is 0 Å². The molecule has 0 radical (unpaired) electrons. The van der Waals surface area contributed by atoms with Gasteiger partial charge in [-0.25, -0.2) is 4.79 Å². The molecule has 0 bridgehead atoms. The molecule has 1 aromatic carbocycles. The van der Waals surface area contributed by atoms with E-state index in [2.05, 4.69) is 5.92 Å². The van der Waals surface area contributed by atoms with Crippen molar-refractivity contribution in [2.45, 2.75) is 25.7 Å². The van der Waals surface area contributed by atoms with Gasteiger partial charge < -0.3 is 4.74 Å². The molecular weight excluding hydrogens is 256 g/mol. The molecule has 4 nitrogen and oxygen atoms in total. The molecule has 0 aliphatic heterocycles. The van der Waals surface area contributed by atoms with Crippen LogP contribution in [-0.2, 0) is 14.3 Å². The van der Waals surface area contributed by atoms with Gasteiger partial charge in [0.15, 0.2) is 12.1 Å². The molecule has 0 aromatic heterocycles. The van der Waals surface area contributed by atoms with Crippen molar-refractivity contribution in [3.05, 3.63) is 35.4 Å². The topological polar surface area (TPSA) is 60.4 Å². The van der Waals surface area contributed by atoms with Crippen molar-refractivity contribution in [3.8, 4) is 12.3 Å². The zero-order valence-corrected chi connectivity index (χ0v) is 11.3. The van der Waals surface area contributed by atoms with Crippen LogP contribution in [0.5, 0.6) is 0 Å². The lowest BCUT2D eigenvalue weighted by Gasteiger charge is -2.13. The average molecular weight is 272 g/mol. The lowest BCUT2D eigenvalue weighted by atomic mass is 9.90. The van der Waals surface area contributed by atoms with Crippen LogP contribution >= 0.6 is 0 Å². The zero-order chi connectivity index (χ0) is 15.0. The van der Waals surface area contributed by atoms with Crippen LogP contribution in [0, 0.1) is 12.3 Å². The molecule has 0 saturated carbocycles. The number of carbonyl (C=O) groups excluding carboxylic acids is 3. The fourth-order valence-electron chi connectivity index (χ4n) is 1.85. The van der Waals surface area contributed by atoms with Gasteiger partial charge in [-0.2, -0.15) is 0 Å². The van der Waals surface area contributed by atoms with Gasteiger partial charge in [0, 0.05) is 18.8 Å². The summed E-state index contributed by atoms with van der Waals surface area (Å²) in [5, 5.41) is 0. The number of esters is 1. The fraction of sp³-hybridized carbons (Fsp3) is 0.312. The summed E-state index contributed by atoms with van der Waals surface area (Å²) >= 11 is 0. The summed E-state index contributed by atoms with van der Waals surface area (Å²) < 4.78 is 4.89. The molecule has 20 heavy (non-hydrogen) atoms. The summed E-state index contributed by atoms with van der Waals surface area (Å²) in [5.41, 5.74) is 1.27. The van der Waals surface area contributed by atoms with Gasteiger partial charge >= 0.3 is 5.97 Å². The predicted octanol–water partition coefficient (Wildman–Crippen LogP) is 2.13. The van der Waals surface area contributed by atoms with Gasteiger partial charge in [-0.15, -0.1) is 12.3 Å². The number of benzene rings is 1. The fourth-order valence-corrected chi connectivity index (χ4v) is 1.85. The molecule has 0 N–H and O–H groups in total. The molecule has 1 rings (SSSR count). The third-order valence-corrected chi connectivity index (χ3v) is 2.84. The molecule has 4 heteroatoms. The first kappa shape index (κ1) is 15.6. The molecular formula is C16H16O4. The molecule has 1 atom stereocenters. The Kier molecular flexibility index (Phi) is 6.18. The standard InChI is InChI=1S/C16H16O4/c1-3-5-14(10-15(18)11-17)12-6-8-13(9-7-12)16(19)20-4-2/h1,6-9,11,14H,4-5,10H2,2H3. The SMILES string of the molecule is C#CCC(CC(=O)C=O)c1ccc(C(=O)OCC)cc1. The lowest BCUT2D eigenvalue weighted by Crippen LogP contribution is -2.09. The lowest BCUT2D eigenvalue weighted by molar-refractivity contribution is -0.130. The molecule has 0 spiro atoms. The van der Waals surface area contributed by atoms with Gasteiger partial charge in [-0.3, -0.25) is 9.59 Å². The predicted molar refractivity (Wildman–Crippen MR) is 74.3 cm³/mol. The Morgan fingerprint density at radius 2 is 2.00 bits per heavy atom. The van der Waals surface area contributed by atoms with E-state index < -0.39 is 11.8 Å². The van der Waals surface area contributed by atoms with E-state index in [1.165, 1.54) is 0 Å². The molecule has 104 valence electrons. The third kappa shape index (κ3) is 4.36. The van der Waals surface area contributed by atoms with E-state index in [1.807, 2.05) is 0 Å². The molecule has 0 amide bonds. The number of ether oxygens (including phenoxy) is 1. The van der Waals surface area contributed by atoms with Crippen molar-refractivity contribution in [3.63, 3.8) is 0 Å². The van der Waals surface area contributed by atoms with Crippen LogP contribution in [0.1, 0.15) is 41.6 Å². The maximum atomic E-state index is 11.5. The normalized spacial score (nSPS) is 11.2. The number of carbonyl (C=O) groups is 3. The Labute approximate surface area is 118 Å². The second kappa shape index (κ2) is 7.90. The van der Waals surface area contributed by atoms with E-state index in [-0.39, 0.29) is 12.3 Å². The maximum Gasteiger partial charge on any atom is 0.338 e. The molecule has 0 aliphatic rings. The van der Waals surface area contributed by atoms with Crippen LogP contribution in [0.25, 0.3) is 0 Å². The van der Waals surface area contributed by atoms with Crippen LogP contribution in [-0.4, -0.2) is 24.6 Å². The van der Waals surface area contributed by atoms with Gasteiger partial charge in [0.25, 0.3) is 0 Å². The molecule has 0 saturated heterocycles. The summed E-state index contributed by atoms with van der Waals surface area (Å²) in [7, 11) is 0. The van der Waals surface area contributed by atoms with E-state index in [0.717, 1.165) is 5.56 Å². The smallest absolute Gasteiger partial charge is 0.338 e. The number of rotatable bonds is 7. The zero-order valence-electron chi connectivity index (χ0n) is 11.3. The molecule has 1 aromatic rings. The molecule has 1 unspecified atom stereocenters. The first-order valence-electron chi connectivity index (χ1n) is 6.30. The molecule has 0 fully saturated rings. The summed E-state index contributed by atoms with van der Waals surface area (Å²) in [6, 6.07) is 6.71. The Morgan fingerprint density at radius 3 is 2.50 bits per heavy atom. The Morgan fingerprint density at radius 1 is 1.35 bits per heavy atom. The van der Waals surface area contributed by atoms with E-state index in [1.54, 1.807) is 31.2 Å². The second-order valence-corrected chi connectivity index (χ2v) is 4.24. The molecule has 0 heterocycles. The third-order valence-electron chi connectivity index (χ3n) is 2.84. The Balaban J connectivity index is 2.87. The van der Waals surface area contributed by atoms with Gasteiger partial charge in [-0.05, 0) is 24.6 Å². The minimum Gasteiger partial charge on any atom is -0.462 e. The summed E-state index contributed by atoms with van der Waals surface area (Å²) in [6.45, 7) is 2.05. The first-order valence-corrected chi connectivity index (χ1v) is 6.30. The number of aldehydes is 1. The first-order chi connectivity index (χ1) is 9.62. The maximum absolute atomic E-state index is 11.5. The number of Topliss-reactive ketones (excluding diaryl/α,β-unsaturated/α-hetero) is 1.